The fourth-order valence-corrected chi connectivity index (χ4v) is 1.74. The number of benzene rings is 1. The van der Waals surface area contributed by atoms with E-state index in [2.05, 4.69) is 42.5 Å². The van der Waals surface area contributed by atoms with E-state index in [-0.39, 0.29) is 6.10 Å². The molecule has 0 radical (unpaired) electrons. The first-order chi connectivity index (χ1) is 6.92. The smallest absolute Gasteiger partial charge is 0.101 e. The maximum absolute atomic E-state index is 5.40. The SMILES string of the molecule is COC1C=CCC=C1c1ccccc1. The minimum Gasteiger partial charge on any atom is -0.373 e. The third-order valence-electron chi connectivity index (χ3n) is 2.45. The summed E-state index contributed by atoms with van der Waals surface area (Å²) in [6.45, 7) is 0. The van der Waals surface area contributed by atoms with Crippen LogP contribution in [0.4, 0.5) is 0 Å². The van der Waals surface area contributed by atoms with E-state index >= 15 is 0 Å². The van der Waals surface area contributed by atoms with Crippen LogP contribution in [0.2, 0.25) is 0 Å². The highest BCUT2D eigenvalue weighted by Crippen LogP contribution is 2.24. The lowest BCUT2D eigenvalue weighted by Gasteiger charge is -2.18. The zero-order valence-electron chi connectivity index (χ0n) is 8.31. The van der Waals surface area contributed by atoms with E-state index in [4.69, 9.17) is 4.74 Å². The lowest BCUT2D eigenvalue weighted by atomic mass is 9.95. The zero-order chi connectivity index (χ0) is 9.80. The summed E-state index contributed by atoms with van der Waals surface area (Å²) in [5.41, 5.74) is 2.53. The minimum atomic E-state index is 0.117. The van der Waals surface area contributed by atoms with Crippen molar-refractivity contribution in [2.24, 2.45) is 0 Å². The number of allylic oxidation sites excluding steroid dienone is 2. The van der Waals surface area contributed by atoms with Gasteiger partial charge in [0.25, 0.3) is 0 Å². The van der Waals surface area contributed by atoms with Gasteiger partial charge in [-0.15, -0.1) is 0 Å². The lowest BCUT2D eigenvalue weighted by molar-refractivity contribution is 0.183. The van der Waals surface area contributed by atoms with Gasteiger partial charge >= 0.3 is 0 Å². The third kappa shape index (κ3) is 1.78. The molecule has 1 aromatic carbocycles. The molecule has 0 aromatic heterocycles. The average Bonchev–Trinajstić information content (AvgIpc) is 2.30. The standard InChI is InChI=1S/C13H14O/c1-14-13-10-6-5-9-12(13)11-7-3-2-4-8-11/h2-4,6-10,13H,5H2,1H3. The van der Waals surface area contributed by atoms with Crippen LogP contribution in [-0.4, -0.2) is 13.2 Å². The van der Waals surface area contributed by atoms with Gasteiger partial charge in [0.05, 0.1) is 0 Å². The van der Waals surface area contributed by atoms with Gasteiger partial charge in [-0.25, -0.2) is 0 Å². The number of methoxy groups -OCH3 is 1. The van der Waals surface area contributed by atoms with Crippen LogP contribution in [0.25, 0.3) is 5.57 Å². The molecule has 0 bridgehead atoms. The Bertz CT molecular complexity index is 349. The summed E-state index contributed by atoms with van der Waals surface area (Å²) in [7, 11) is 1.75. The summed E-state index contributed by atoms with van der Waals surface area (Å²) in [6, 6.07) is 10.4. The summed E-state index contributed by atoms with van der Waals surface area (Å²) in [5.74, 6) is 0. The van der Waals surface area contributed by atoms with Gasteiger partial charge in [0.2, 0.25) is 0 Å². The number of hydrogen-bond acceptors (Lipinski definition) is 1. The van der Waals surface area contributed by atoms with Crippen molar-refractivity contribution in [2.75, 3.05) is 7.11 Å². The molecule has 0 amide bonds. The second-order valence-corrected chi connectivity index (χ2v) is 3.35. The first-order valence-electron chi connectivity index (χ1n) is 4.87. The third-order valence-corrected chi connectivity index (χ3v) is 2.45. The Balaban J connectivity index is 2.30. The fourth-order valence-electron chi connectivity index (χ4n) is 1.74. The maximum Gasteiger partial charge on any atom is 0.101 e. The Morgan fingerprint density at radius 2 is 2.00 bits per heavy atom. The van der Waals surface area contributed by atoms with Crippen molar-refractivity contribution >= 4 is 5.57 Å². The van der Waals surface area contributed by atoms with Gasteiger partial charge in [-0.3, -0.25) is 0 Å². The lowest BCUT2D eigenvalue weighted by Crippen LogP contribution is -2.11. The summed E-state index contributed by atoms with van der Waals surface area (Å²) in [4.78, 5) is 0. The highest BCUT2D eigenvalue weighted by molar-refractivity contribution is 5.71. The van der Waals surface area contributed by atoms with Crippen molar-refractivity contribution in [3.8, 4) is 0 Å². The molecule has 1 nitrogen and oxygen atoms in total. The van der Waals surface area contributed by atoms with Crippen LogP contribution in [0.5, 0.6) is 0 Å². The Morgan fingerprint density at radius 3 is 2.71 bits per heavy atom. The van der Waals surface area contributed by atoms with Crippen LogP contribution < -0.4 is 0 Å². The predicted octanol–water partition coefficient (Wildman–Crippen LogP) is 3.04. The van der Waals surface area contributed by atoms with Crippen LogP contribution in [0.3, 0.4) is 0 Å². The molecule has 1 aromatic rings. The van der Waals surface area contributed by atoms with E-state index in [0.29, 0.717) is 0 Å². The van der Waals surface area contributed by atoms with Crippen LogP contribution >= 0.6 is 0 Å². The molecular weight excluding hydrogens is 172 g/mol. The molecule has 14 heavy (non-hydrogen) atoms. The topological polar surface area (TPSA) is 9.23 Å². The van der Waals surface area contributed by atoms with Gasteiger partial charge in [-0.2, -0.15) is 0 Å². The molecular formula is C13H14O. The van der Waals surface area contributed by atoms with E-state index in [9.17, 15) is 0 Å². The quantitative estimate of drug-likeness (QED) is 0.645. The van der Waals surface area contributed by atoms with E-state index in [1.165, 1.54) is 11.1 Å². The molecule has 0 saturated carbocycles. The molecule has 2 rings (SSSR count). The minimum absolute atomic E-state index is 0.117. The summed E-state index contributed by atoms with van der Waals surface area (Å²) >= 11 is 0. The van der Waals surface area contributed by atoms with Gasteiger partial charge in [0.15, 0.2) is 0 Å². The molecule has 0 N–H and O–H groups in total. The Morgan fingerprint density at radius 1 is 1.21 bits per heavy atom. The molecule has 1 aliphatic rings. The second kappa shape index (κ2) is 4.25. The van der Waals surface area contributed by atoms with Gasteiger partial charge in [-0.05, 0) is 17.6 Å². The molecule has 0 saturated heterocycles. The van der Waals surface area contributed by atoms with E-state index in [0.717, 1.165) is 6.42 Å². The molecule has 1 atom stereocenters. The monoisotopic (exact) mass is 186 g/mol. The molecule has 0 heterocycles. The van der Waals surface area contributed by atoms with Crippen molar-refractivity contribution in [1.29, 1.82) is 0 Å². The fraction of sp³-hybridized carbons (Fsp3) is 0.231. The Labute approximate surface area is 84.7 Å². The van der Waals surface area contributed by atoms with Crippen LogP contribution in [0.15, 0.2) is 48.6 Å². The van der Waals surface area contributed by atoms with Crippen LogP contribution in [0, 0.1) is 0 Å². The van der Waals surface area contributed by atoms with E-state index in [1.54, 1.807) is 7.11 Å². The van der Waals surface area contributed by atoms with Gasteiger partial charge in [0.1, 0.15) is 6.10 Å². The Kier molecular flexibility index (Phi) is 2.80. The number of ether oxygens (including phenoxy) is 1. The summed E-state index contributed by atoms with van der Waals surface area (Å²) < 4.78 is 5.40. The highest BCUT2D eigenvalue weighted by Gasteiger charge is 2.13. The van der Waals surface area contributed by atoms with Crippen LogP contribution in [0.1, 0.15) is 12.0 Å². The van der Waals surface area contributed by atoms with E-state index < -0.39 is 0 Å². The molecule has 0 aliphatic heterocycles. The highest BCUT2D eigenvalue weighted by atomic mass is 16.5. The van der Waals surface area contributed by atoms with Crippen molar-refractivity contribution in [2.45, 2.75) is 12.5 Å². The molecule has 0 fully saturated rings. The molecule has 72 valence electrons. The molecule has 1 unspecified atom stereocenters. The molecule has 0 spiro atoms. The average molecular weight is 186 g/mol. The predicted molar refractivity (Wildman–Crippen MR) is 59.0 cm³/mol. The first-order valence-corrected chi connectivity index (χ1v) is 4.87. The Hall–Kier alpha value is -1.34. The van der Waals surface area contributed by atoms with Crippen molar-refractivity contribution in [3.05, 3.63) is 54.1 Å². The van der Waals surface area contributed by atoms with Crippen LogP contribution in [-0.2, 0) is 4.74 Å². The van der Waals surface area contributed by atoms with Crippen molar-refractivity contribution in [3.63, 3.8) is 0 Å². The number of rotatable bonds is 2. The van der Waals surface area contributed by atoms with Crippen molar-refractivity contribution < 1.29 is 4.74 Å². The molecule has 1 heteroatoms. The normalized spacial score (nSPS) is 20.6. The summed E-state index contributed by atoms with van der Waals surface area (Å²) in [6.07, 6.45) is 7.60. The summed E-state index contributed by atoms with van der Waals surface area (Å²) in [5, 5.41) is 0. The maximum atomic E-state index is 5.40. The van der Waals surface area contributed by atoms with Gasteiger partial charge < -0.3 is 4.74 Å². The first kappa shape index (κ1) is 9.22. The van der Waals surface area contributed by atoms with Gasteiger partial charge in [-0.1, -0.05) is 48.6 Å². The van der Waals surface area contributed by atoms with E-state index in [1.807, 2.05) is 6.07 Å². The van der Waals surface area contributed by atoms with Crippen molar-refractivity contribution in [1.82, 2.24) is 0 Å². The zero-order valence-corrected chi connectivity index (χ0v) is 8.31. The second-order valence-electron chi connectivity index (χ2n) is 3.35. The molecule has 1 aliphatic carbocycles. The number of hydrogen-bond donors (Lipinski definition) is 0. The van der Waals surface area contributed by atoms with Gasteiger partial charge in [0, 0.05) is 7.11 Å². The largest absolute Gasteiger partial charge is 0.373 e.